The van der Waals surface area contributed by atoms with Gasteiger partial charge in [-0.15, -0.1) is 0 Å². The van der Waals surface area contributed by atoms with Gasteiger partial charge < -0.3 is 15.4 Å². The molecule has 4 nitrogen and oxygen atoms in total. The van der Waals surface area contributed by atoms with Gasteiger partial charge in [-0.05, 0) is 45.7 Å². The van der Waals surface area contributed by atoms with Crippen molar-refractivity contribution in [3.63, 3.8) is 0 Å². The van der Waals surface area contributed by atoms with Gasteiger partial charge >= 0.3 is 0 Å². The number of methoxy groups -OCH3 is 1. The van der Waals surface area contributed by atoms with Crippen LogP contribution in [0.15, 0.2) is 24.3 Å². The summed E-state index contributed by atoms with van der Waals surface area (Å²) in [5.41, 5.74) is 0.553. The third-order valence-electron chi connectivity index (χ3n) is 4.07. The van der Waals surface area contributed by atoms with E-state index in [0.717, 1.165) is 37.1 Å². The molecule has 0 spiro atoms. The Labute approximate surface area is 120 Å². The fourth-order valence-electron chi connectivity index (χ4n) is 2.71. The normalized spacial score (nSPS) is 23.9. The number of hydrogen-bond acceptors (Lipinski definition) is 3. The molecular weight excluding hydrogens is 252 g/mol. The number of amides is 1. The van der Waals surface area contributed by atoms with Gasteiger partial charge in [-0.3, -0.25) is 4.79 Å². The summed E-state index contributed by atoms with van der Waals surface area (Å²) in [4.78, 5) is 12.5. The molecule has 2 N–H and O–H groups in total. The van der Waals surface area contributed by atoms with Crippen LogP contribution in [0.2, 0.25) is 0 Å². The number of para-hydroxylation sites is 1. The number of piperidine rings is 1. The van der Waals surface area contributed by atoms with Crippen LogP contribution in [0.1, 0.15) is 44.7 Å². The van der Waals surface area contributed by atoms with Crippen molar-refractivity contribution >= 4 is 5.91 Å². The fourth-order valence-corrected chi connectivity index (χ4v) is 2.71. The predicted octanol–water partition coefficient (Wildman–Crippen LogP) is 2.40. The van der Waals surface area contributed by atoms with Crippen molar-refractivity contribution in [1.82, 2.24) is 10.6 Å². The molecule has 2 rings (SSSR count). The van der Waals surface area contributed by atoms with Crippen molar-refractivity contribution in [1.29, 1.82) is 0 Å². The Bertz CT molecular complexity index is 467. The van der Waals surface area contributed by atoms with E-state index < -0.39 is 5.54 Å². The second kappa shape index (κ2) is 6.27. The van der Waals surface area contributed by atoms with E-state index in [1.54, 1.807) is 7.11 Å². The number of ether oxygens (including phenoxy) is 1. The first-order chi connectivity index (χ1) is 9.57. The number of rotatable bonds is 4. The van der Waals surface area contributed by atoms with E-state index in [4.69, 9.17) is 4.74 Å². The average molecular weight is 276 g/mol. The van der Waals surface area contributed by atoms with E-state index in [1.807, 2.05) is 38.1 Å². The molecule has 0 bridgehead atoms. The number of hydrogen-bond donors (Lipinski definition) is 2. The Balaban J connectivity index is 2.07. The largest absolute Gasteiger partial charge is 0.496 e. The number of carbonyl (C=O) groups excluding carboxylic acids is 1. The second-order valence-corrected chi connectivity index (χ2v) is 5.65. The maximum absolute atomic E-state index is 12.5. The number of nitrogens with one attached hydrogen (secondary N) is 2. The molecule has 1 aliphatic rings. The molecule has 1 aliphatic heterocycles. The lowest BCUT2D eigenvalue weighted by molar-refractivity contribution is -0.128. The minimum atomic E-state index is -0.450. The summed E-state index contributed by atoms with van der Waals surface area (Å²) < 4.78 is 5.35. The van der Waals surface area contributed by atoms with Gasteiger partial charge in [0.15, 0.2) is 0 Å². The van der Waals surface area contributed by atoms with Crippen molar-refractivity contribution in [3.05, 3.63) is 29.8 Å². The van der Waals surface area contributed by atoms with Crippen LogP contribution in [0.4, 0.5) is 0 Å². The minimum absolute atomic E-state index is 0.0654. The van der Waals surface area contributed by atoms with Gasteiger partial charge in [0.05, 0.1) is 18.7 Å². The summed E-state index contributed by atoms with van der Waals surface area (Å²) in [5.74, 6) is 0.873. The van der Waals surface area contributed by atoms with Crippen molar-refractivity contribution in [2.75, 3.05) is 13.7 Å². The SMILES string of the molecule is COc1ccccc1C(C)NC(=O)C1(C)CCCCN1. The summed E-state index contributed by atoms with van der Waals surface area (Å²) in [5, 5.41) is 6.44. The van der Waals surface area contributed by atoms with E-state index in [9.17, 15) is 4.79 Å². The quantitative estimate of drug-likeness (QED) is 0.888. The van der Waals surface area contributed by atoms with Crippen molar-refractivity contribution in [3.8, 4) is 5.75 Å². The molecule has 0 saturated carbocycles. The lowest BCUT2D eigenvalue weighted by Gasteiger charge is -2.34. The summed E-state index contributed by atoms with van der Waals surface area (Å²) in [7, 11) is 1.65. The highest BCUT2D eigenvalue weighted by atomic mass is 16.5. The first-order valence-electron chi connectivity index (χ1n) is 7.26. The highest BCUT2D eigenvalue weighted by molar-refractivity contribution is 5.86. The Morgan fingerprint density at radius 1 is 1.40 bits per heavy atom. The molecule has 0 radical (unpaired) electrons. The van der Waals surface area contributed by atoms with Crippen LogP contribution in [-0.2, 0) is 4.79 Å². The first kappa shape index (κ1) is 14.9. The maximum Gasteiger partial charge on any atom is 0.240 e. The molecule has 0 aliphatic carbocycles. The molecule has 2 unspecified atom stereocenters. The highest BCUT2D eigenvalue weighted by Gasteiger charge is 2.35. The molecule has 4 heteroatoms. The third kappa shape index (κ3) is 3.12. The van der Waals surface area contributed by atoms with Crippen LogP contribution >= 0.6 is 0 Å². The molecule has 1 aromatic carbocycles. The molecule has 1 fully saturated rings. The Morgan fingerprint density at radius 3 is 2.80 bits per heavy atom. The fraction of sp³-hybridized carbons (Fsp3) is 0.562. The number of carbonyl (C=O) groups is 1. The second-order valence-electron chi connectivity index (χ2n) is 5.65. The van der Waals surface area contributed by atoms with E-state index in [2.05, 4.69) is 10.6 Å². The average Bonchev–Trinajstić information content (AvgIpc) is 2.47. The van der Waals surface area contributed by atoms with Crippen molar-refractivity contribution in [2.45, 2.75) is 44.7 Å². The van der Waals surface area contributed by atoms with Gasteiger partial charge in [0.2, 0.25) is 5.91 Å². The zero-order chi connectivity index (χ0) is 14.6. The summed E-state index contributed by atoms with van der Waals surface area (Å²) in [6.45, 7) is 4.88. The van der Waals surface area contributed by atoms with Crippen LogP contribution in [0.5, 0.6) is 5.75 Å². The van der Waals surface area contributed by atoms with Crippen LogP contribution in [-0.4, -0.2) is 25.1 Å². The Morgan fingerprint density at radius 2 is 2.15 bits per heavy atom. The molecule has 0 aromatic heterocycles. The molecule has 1 amide bonds. The van der Waals surface area contributed by atoms with E-state index in [0.29, 0.717) is 0 Å². The summed E-state index contributed by atoms with van der Waals surface area (Å²) >= 11 is 0. The zero-order valence-electron chi connectivity index (χ0n) is 12.5. The van der Waals surface area contributed by atoms with Crippen molar-refractivity contribution in [2.24, 2.45) is 0 Å². The third-order valence-corrected chi connectivity index (χ3v) is 4.07. The van der Waals surface area contributed by atoms with Gasteiger partial charge in [0.1, 0.15) is 5.75 Å². The standard InChI is InChI=1S/C16H24N2O2/c1-12(13-8-4-5-9-14(13)20-3)18-15(19)16(2)10-6-7-11-17-16/h4-5,8-9,12,17H,6-7,10-11H2,1-3H3,(H,18,19). The lowest BCUT2D eigenvalue weighted by Crippen LogP contribution is -2.57. The Hall–Kier alpha value is -1.55. The van der Waals surface area contributed by atoms with Crippen LogP contribution in [0.25, 0.3) is 0 Å². The Kier molecular flexibility index (Phi) is 4.65. The van der Waals surface area contributed by atoms with Gasteiger partial charge in [-0.2, -0.15) is 0 Å². The van der Waals surface area contributed by atoms with Gasteiger partial charge in [-0.25, -0.2) is 0 Å². The monoisotopic (exact) mass is 276 g/mol. The van der Waals surface area contributed by atoms with E-state index in [1.165, 1.54) is 0 Å². The molecular formula is C16H24N2O2. The van der Waals surface area contributed by atoms with Crippen LogP contribution in [0.3, 0.4) is 0 Å². The summed E-state index contributed by atoms with van der Waals surface area (Å²) in [6, 6.07) is 7.72. The van der Waals surface area contributed by atoms with E-state index in [-0.39, 0.29) is 11.9 Å². The first-order valence-corrected chi connectivity index (χ1v) is 7.26. The van der Waals surface area contributed by atoms with Crippen LogP contribution < -0.4 is 15.4 Å². The molecule has 110 valence electrons. The smallest absolute Gasteiger partial charge is 0.240 e. The maximum atomic E-state index is 12.5. The minimum Gasteiger partial charge on any atom is -0.496 e. The summed E-state index contributed by atoms with van der Waals surface area (Å²) in [6.07, 6.45) is 3.13. The molecule has 1 heterocycles. The van der Waals surface area contributed by atoms with Crippen molar-refractivity contribution < 1.29 is 9.53 Å². The van der Waals surface area contributed by atoms with E-state index >= 15 is 0 Å². The zero-order valence-corrected chi connectivity index (χ0v) is 12.5. The topological polar surface area (TPSA) is 50.4 Å². The van der Waals surface area contributed by atoms with Gasteiger partial charge in [-0.1, -0.05) is 18.2 Å². The molecule has 1 aromatic rings. The highest BCUT2D eigenvalue weighted by Crippen LogP contribution is 2.26. The van der Waals surface area contributed by atoms with Gasteiger partial charge in [0.25, 0.3) is 0 Å². The predicted molar refractivity (Wildman–Crippen MR) is 79.8 cm³/mol. The van der Waals surface area contributed by atoms with Gasteiger partial charge in [0, 0.05) is 5.56 Å². The number of benzene rings is 1. The lowest BCUT2D eigenvalue weighted by atomic mass is 9.89. The molecule has 20 heavy (non-hydrogen) atoms. The molecule has 1 saturated heterocycles. The van der Waals surface area contributed by atoms with Crippen LogP contribution in [0, 0.1) is 0 Å². The molecule has 2 atom stereocenters.